The fourth-order valence-corrected chi connectivity index (χ4v) is 3.39. The minimum atomic E-state index is -4.19. The predicted octanol–water partition coefficient (Wildman–Crippen LogP) is 4.02. The molecule has 3 rings (SSSR count). The summed E-state index contributed by atoms with van der Waals surface area (Å²) in [4.78, 5) is 22.4. The number of rotatable bonds is 5. The summed E-state index contributed by atoms with van der Waals surface area (Å²) in [6.07, 6.45) is -0.244. The van der Waals surface area contributed by atoms with E-state index in [0.29, 0.717) is 43.2 Å². The number of carbonyl (C=O) groups is 1. The molecule has 1 aromatic carbocycles. The first kappa shape index (κ1) is 21.2. The summed E-state index contributed by atoms with van der Waals surface area (Å²) < 4.78 is 37.4. The number of likely N-dealkylation sites (tertiary alicyclic amines) is 1. The normalized spacial score (nSPS) is 16.2. The zero-order valence-electron chi connectivity index (χ0n) is 16.5. The number of piperidine rings is 1. The van der Waals surface area contributed by atoms with Crippen molar-refractivity contribution in [2.24, 2.45) is 0 Å². The van der Waals surface area contributed by atoms with Gasteiger partial charge in [-0.1, -0.05) is 32.0 Å². The van der Waals surface area contributed by atoms with Gasteiger partial charge in [-0.3, -0.25) is 9.69 Å². The first-order valence-electron chi connectivity index (χ1n) is 9.73. The SMILES string of the molecule is CC(C)c1cccc(-c2ncc(C(=O)NC3CCN(CC(F)(F)F)CC3)cn2)c1. The van der Waals surface area contributed by atoms with E-state index in [1.807, 2.05) is 18.2 Å². The molecule has 1 aliphatic heterocycles. The predicted molar refractivity (Wildman–Crippen MR) is 105 cm³/mol. The van der Waals surface area contributed by atoms with Crippen molar-refractivity contribution in [3.05, 3.63) is 47.8 Å². The van der Waals surface area contributed by atoms with Crippen LogP contribution in [0.3, 0.4) is 0 Å². The third kappa shape index (κ3) is 6.00. The molecule has 1 aromatic heterocycles. The number of benzene rings is 1. The van der Waals surface area contributed by atoms with Gasteiger partial charge in [-0.2, -0.15) is 13.2 Å². The Balaban J connectivity index is 1.57. The molecule has 0 saturated carbocycles. The number of alkyl halides is 3. The molecule has 0 aliphatic carbocycles. The lowest BCUT2D eigenvalue weighted by Gasteiger charge is -2.32. The van der Waals surface area contributed by atoms with Crippen molar-refractivity contribution in [2.75, 3.05) is 19.6 Å². The Hall–Kier alpha value is -2.48. The molecule has 1 aliphatic rings. The Morgan fingerprint density at radius 3 is 2.45 bits per heavy atom. The highest BCUT2D eigenvalue weighted by molar-refractivity contribution is 5.93. The summed E-state index contributed by atoms with van der Waals surface area (Å²) >= 11 is 0. The summed E-state index contributed by atoms with van der Waals surface area (Å²) in [6.45, 7) is 3.95. The Bertz CT molecular complexity index is 829. The first-order chi connectivity index (χ1) is 13.7. The van der Waals surface area contributed by atoms with Crippen molar-refractivity contribution in [1.82, 2.24) is 20.2 Å². The smallest absolute Gasteiger partial charge is 0.349 e. The number of hydrogen-bond donors (Lipinski definition) is 1. The van der Waals surface area contributed by atoms with E-state index in [2.05, 4.69) is 35.2 Å². The van der Waals surface area contributed by atoms with E-state index in [9.17, 15) is 18.0 Å². The maximum atomic E-state index is 12.5. The Kier molecular flexibility index (Phi) is 6.52. The fraction of sp³-hybridized carbons (Fsp3) is 0.476. The van der Waals surface area contributed by atoms with Gasteiger partial charge in [-0.15, -0.1) is 0 Å². The van der Waals surface area contributed by atoms with Gasteiger partial charge in [0.25, 0.3) is 5.91 Å². The maximum Gasteiger partial charge on any atom is 0.401 e. The van der Waals surface area contributed by atoms with Crippen LogP contribution in [0.1, 0.15) is 48.5 Å². The lowest BCUT2D eigenvalue weighted by molar-refractivity contribution is -0.148. The van der Waals surface area contributed by atoms with Crippen LogP contribution < -0.4 is 5.32 Å². The summed E-state index contributed by atoms with van der Waals surface area (Å²) in [5.74, 6) is 0.633. The molecule has 8 heteroatoms. The lowest BCUT2D eigenvalue weighted by atomic mass is 10.0. The molecular formula is C21H25F3N4O. The molecule has 1 N–H and O–H groups in total. The second kappa shape index (κ2) is 8.90. The zero-order chi connectivity index (χ0) is 21.0. The molecule has 0 spiro atoms. The highest BCUT2D eigenvalue weighted by Gasteiger charge is 2.32. The third-order valence-corrected chi connectivity index (χ3v) is 5.05. The summed E-state index contributed by atoms with van der Waals surface area (Å²) in [6, 6.07) is 7.83. The van der Waals surface area contributed by atoms with Crippen LogP contribution in [-0.4, -0.2) is 52.6 Å². The number of nitrogens with one attached hydrogen (secondary N) is 1. The van der Waals surface area contributed by atoms with E-state index in [0.717, 1.165) is 5.56 Å². The van der Waals surface area contributed by atoms with Crippen LogP contribution in [0.25, 0.3) is 11.4 Å². The maximum absolute atomic E-state index is 12.5. The molecule has 0 bridgehead atoms. The van der Waals surface area contributed by atoms with Crippen LogP contribution in [0.4, 0.5) is 13.2 Å². The van der Waals surface area contributed by atoms with Gasteiger partial charge in [0.2, 0.25) is 0 Å². The highest BCUT2D eigenvalue weighted by atomic mass is 19.4. The number of amides is 1. The van der Waals surface area contributed by atoms with E-state index in [1.165, 1.54) is 22.9 Å². The van der Waals surface area contributed by atoms with Crippen LogP contribution in [0.15, 0.2) is 36.7 Å². The van der Waals surface area contributed by atoms with Gasteiger partial charge in [0.15, 0.2) is 5.82 Å². The molecule has 29 heavy (non-hydrogen) atoms. The second-order valence-corrected chi connectivity index (χ2v) is 7.71. The number of hydrogen-bond acceptors (Lipinski definition) is 4. The van der Waals surface area contributed by atoms with E-state index >= 15 is 0 Å². The average molecular weight is 406 g/mol. The summed E-state index contributed by atoms with van der Waals surface area (Å²) in [5.41, 5.74) is 2.41. The zero-order valence-corrected chi connectivity index (χ0v) is 16.5. The molecule has 2 heterocycles. The molecule has 2 aromatic rings. The van der Waals surface area contributed by atoms with Crippen LogP contribution in [0.5, 0.6) is 0 Å². The van der Waals surface area contributed by atoms with E-state index < -0.39 is 12.7 Å². The number of aromatic nitrogens is 2. The molecule has 1 saturated heterocycles. The summed E-state index contributed by atoms with van der Waals surface area (Å²) in [7, 11) is 0. The van der Waals surface area contributed by atoms with Crippen molar-refractivity contribution in [3.63, 3.8) is 0 Å². The topological polar surface area (TPSA) is 58.1 Å². The molecule has 156 valence electrons. The molecule has 1 amide bonds. The number of carbonyl (C=O) groups excluding carboxylic acids is 1. The van der Waals surface area contributed by atoms with Crippen molar-refractivity contribution in [1.29, 1.82) is 0 Å². The van der Waals surface area contributed by atoms with Crippen LogP contribution in [-0.2, 0) is 0 Å². The van der Waals surface area contributed by atoms with Gasteiger partial charge in [0.05, 0.1) is 12.1 Å². The van der Waals surface area contributed by atoms with E-state index in [-0.39, 0.29) is 11.9 Å². The standard InChI is InChI=1S/C21H25F3N4O/c1-14(2)15-4-3-5-16(10-15)19-25-11-17(12-26-19)20(29)27-18-6-8-28(9-7-18)13-21(22,23)24/h3-5,10-12,14,18H,6-9,13H2,1-2H3,(H,27,29). The van der Waals surface area contributed by atoms with Gasteiger partial charge >= 0.3 is 6.18 Å². The Morgan fingerprint density at radius 2 is 1.86 bits per heavy atom. The molecule has 5 nitrogen and oxygen atoms in total. The summed E-state index contributed by atoms with van der Waals surface area (Å²) in [5, 5.41) is 2.87. The number of halogens is 3. The van der Waals surface area contributed by atoms with Gasteiger partial charge in [-0.25, -0.2) is 9.97 Å². The van der Waals surface area contributed by atoms with Crippen molar-refractivity contribution < 1.29 is 18.0 Å². The fourth-order valence-electron chi connectivity index (χ4n) is 3.39. The Morgan fingerprint density at radius 1 is 1.21 bits per heavy atom. The highest BCUT2D eigenvalue weighted by Crippen LogP contribution is 2.22. The van der Waals surface area contributed by atoms with Gasteiger partial charge in [0, 0.05) is 37.1 Å². The van der Waals surface area contributed by atoms with E-state index in [4.69, 9.17) is 0 Å². The molecule has 0 radical (unpaired) electrons. The Labute approximate surface area is 168 Å². The van der Waals surface area contributed by atoms with Crippen LogP contribution >= 0.6 is 0 Å². The first-order valence-corrected chi connectivity index (χ1v) is 9.73. The minimum Gasteiger partial charge on any atom is -0.349 e. The molecule has 0 unspecified atom stereocenters. The van der Waals surface area contributed by atoms with Gasteiger partial charge in [-0.05, 0) is 30.4 Å². The van der Waals surface area contributed by atoms with E-state index in [1.54, 1.807) is 0 Å². The van der Waals surface area contributed by atoms with Crippen LogP contribution in [0, 0.1) is 0 Å². The quantitative estimate of drug-likeness (QED) is 0.815. The van der Waals surface area contributed by atoms with Crippen molar-refractivity contribution in [3.8, 4) is 11.4 Å². The minimum absolute atomic E-state index is 0.144. The third-order valence-electron chi connectivity index (χ3n) is 5.05. The van der Waals surface area contributed by atoms with Crippen LogP contribution in [0.2, 0.25) is 0 Å². The largest absolute Gasteiger partial charge is 0.401 e. The van der Waals surface area contributed by atoms with Gasteiger partial charge < -0.3 is 5.32 Å². The lowest BCUT2D eigenvalue weighted by Crippen LogP contribution is -2.47. The van der Waals surface area contributed by atoms with Crippen molar-refractivity contribution in [2.45, 2.75) is 44.8 Å². The molecule has 0 atom stereocenters. The number of nitrogens with zero attached hydrogens (tertiary/aromatic N) is 3. The second-order valence-electron chi connectivity index (χ2n) is 7.71. The monoisotopic (exact) mass is 406 g/mol. The molecule has 1 fully saturated rings. The average Bonchev–Trinajstić information content (AvgIpc) is 2.68. The van der Waals surface area contributed by atoms with Gasteiger partial charge in [0.1, 0.15) is 0 Å². The van der Waals surface area contributed by atoms with Crippen molar-refractivity contribution >= 4 is 5.91 Å². The molecular weight excluding hydrogens is 381 g/mol.